The van der Waals surface area contributed by atoms with E-state index in [2.05, 4.69) is 0 Å². The molecule has 0 N–H and O–H groups in total. The second-order valence-corrected chi connectivity index (χ2v) is 0. The van der Waals surface area contributed by atoms with Crippen LogP contribution < -0.4 is 0 Å². The van der Waals surface area contributed by atoms with Crippen molar-refractivity contribution in [2.24, 2.45) is 0 Å². The molecule has 0 bridgehead atoms. The summed E-state index contributed by atoms with van der Waals surface area (Å²) < 4.78 is 0. The van der Waals surface area contributed by atoms with Crippen molar-refractivity contribution in [2.45, 2.75) is 0 Å². The molecule has 0 amide bonds. The SMILES string of the molecule is [AsH3].[GeH4].[InH3].[SeH2]. The summed E-state index contributed by atoms with van der Waals surface area (Å²) in [6.45, 7) is 0. The molecule has 0 fully saturated rings. The summed E-state index contributed by atoms with van der Waals surface area (Å²) in [5, 5.41) is 0. The fourth-order valence-corrected chi connectivity index (χ4v) is 0. The third-order valence-electron chi connectivity index (χ3n) is 0. The van der Waals surface area contributed by atoms with Crippen LogP contribution in [-0.2, 0) is 0 Å². The van der Waals surface area contributed by atoms with Gasteiger partial charge in [0.05, 0.1) is 0 Å². The fraction of sp³-hybridized carbons (Fsp3) is 0. The van der Waals surface area contributed by atoms with Crippen molar-refractivity contribution in [1.82, 2.24) is 0 Å². The van der Waals surface area contributed by atoms with Gasteiger partial charge in [0.2, 0.25) is 0 Å². The van der Waals surface area contributed by atoms with E-state index in [-0.39, 0.29) is 78.5 Å². The van der Waals surface area contributed by atoms with E-state index in [1.807, 2.05) is 0 Å². The molecule has 30 valence electrons. The molecule has 4 heavy (non-hydrogen) atoms. The van der Waals surface area contributed by atoms with Gasteiger partial charge in [-0.1, -0.05) is 0 Å². The van der Waals surface area contributed by atoms with E-state index < -0.39 is 0 Å². The van der Waals surface area contributed by atoms with Gasteiger partial charge in [0.25, 0.3) is 0 Å². The summed E-state index contributed by atoms with van der Waals surface area (Å²) in [5.41, 5.74) is 0. The number of rotatable bonds is 0. The van der Waals surface area contributed by atoms with Gasteiger partial charge in [-0.3, -0.25) is 0 Å². The zero-order valence-electron chi connectivity index (χ0n) is 1.21. The average molecular weight is 353 g/mol. The first-order chi connectivity index (χ1) is 0. The van der Waals surface area contributed by atoms with E-state index in [0.717, 1.165) is 0 Å². The maximum atomic E-state index is 0. The zero-order valence-corrected chi connectivity index (χ0v) is 6.27. The predicted octanol–water partition coefficient (Wildman–Crippen LogP) is -4.74. The van der Waals surface area contributed by atoms with Gasteiger partial charge in [-0.2, -0.15) is 0 Å². The Morgan fingerprint density at radius 1 is 1.00 bits per heavy atom. The zero-order chi connectivity index (χ0) is 0. The van der Waals surface area contributed by atoms with E-state index in [9.17, 15) is 0 Å². The first-order valence-electron chi connectivity index (χ1n) is 0. The van der Waals surface area contributed by atoms with Crippen LogP contribution in [0.2, 0.25) is 0 Å². The predicted molar refractivity (Wildman–Crippen MR) is 39.8 cm³/mol. The molecule has 0 aromatic carbocycles. The Kier molecular flexibility index (Phi) is 141. The Morgan fingerprint density at radius 3 is 1.00 bits per heavy atom. The van der Waals surface area contributed by atoms with Crippen molar-refractivity contribution >= 4 is 78.5 Å². The Morgan fingerprint density at radius 2 is 1.00 bits per heavy atom. The van der Waals surface area contributed by atoms with Gasteiger partial charge in [-0.25, -0.2) is 0 Å². The van der Waals surface area contributed by atoms with E-state index in [1.54, 1.807) is 0 Å². The van der Waals surface area contributed by atoms with Crippen LogP contribution in [0.3, 0.4) is 0 Å². The standard InChI is InChI=1S/AsH3.GeH4.In.H2Se.3H/h1H3;1H4;;1H2;;;. The van der Waals surface area contributed by atoms with E-state index in [4.69, 9.17) is 0 Å². The molecule has 0 spiro atoms. The Balaban J connectivity index is 0. The molecule has 0 aliphatic heterocycles. The molecule has 0 saturated carbocycles. The second kappa shape index (κ2) is 17.8. The summed E-state index contributed by atoms with van der Waals surface area (Å²) in [6.07, 6.45) is 0. The molecule has 0 heterocycles. The average Bonchev–Trinajstić information content (AvgIpc) is 0. The minimum atomic E-state index is 0. The van der Waals surface area contributed by atoms with Crippen LogP contribution in [0.1, 0.15) is 0 Å². The van der Waals surface area contributed by atoms with Crippen LogP contribution in [0, 0.1) is 0 Å². The topological polar surface area (TPSA) is 0 Å². The van der Waals surface area contributed by atoms with Crippen molar-refractivity contribution in [1.29, 1.82) is 0 Å². The molecule has 0 aromatic heterocycles. The summed E-state index contributed by atoms with van der Waals surface area (Å²) in [7, 11) is 0. The van der Waals surface area contributed by atoms with Gasteiger partial charge in [0, 0.05) is 0 Å². The summed E-state index contributed by atoms with van der Waals surface area (Å²) >= 11 is 0. The van der Waals surface area contributed by atoms with Crippen molar-refractivity contribution < 1.29 is 0 Å². The van der Waals surface area contributed by atoms with Gasteiger partial charge in [-0.15, -0.1) is 0 Å². The Labute approximate surface area is 77.4 Å². The summed E-state index contributed by atoms with van der Waals surface area (Å²) in [6, 6.07) is 0. The van der Waals surface area contributed by atoms with Crippen LogP contribution >= 0.6 is 0 Å². The molecular formula is H12AsGeInSe. The van der Waals surface area contributed by atoms with E-state index in [1.165, 1.54) is 0 Å². The monoisotopic (exact) mass is 356 g/mol. The molecule has 0 aromatic rings. The van der Waals surface area contributed by atoms with Crippen LogP contribution in [0.5, 0.6) is 0 Å². The Bertz CT molecular complexity index is 8.00. The third kappa shape index (κ3) is 8.82. The van der Waals surface area contributed by atoms with E-state index >= 15 is 0 Å². The quantitative estimate of drug-likeness (QED) is 0.384. The van der Waals surface area contributed by atoms with Crippen LogP contribution in [0.25, 0.3) is 0 Å². The van der Waals surface area contributed by atoms with Gasteiger partial charge in [0.1, 0.15) is 0 Å². The molecule has 0 aliphatic rings. The van der Waals surface area contributed by atoms with Gasteiger partial charge in [0.15, 0.2) is 0 Å². The molecular weight excluding hydrogens is 341 g/mol. The minimum absolute atomic E-state index is 0. The summed E-state index contributed by atoms with van der Waals surface area (Å²) in [4.78, 5) is 0. The van der Waals surface area contributed by atoms with E-state index in [0.29, 0.717) is 0 Å². The molecule has 0 rings (SSSR count). The molecule has 4 heteroatoms. The van der Waals surface area contributed by atoms with Crippen molar-refractivity contribution in [2.75, 3.05) is 0 Å². The number of hydrogen-bond donors (Lipinski definition) is 0. The van der Waals surface area contributed by atoms with Gasteiger partial charge in [-0.05, 0) is 0 Å². The first-order valence-corrected chi connectivity index (χ1v) is 0. The summed E-state index contributed by atoms with van der Waals surface area (Å²) in [5.74, 6) is 0. The van der Waals surface area contributed by atoms with Crippen molar-refractivity contribution in [3.05, 3.63) is 0 Å². The number of hydrogen-bond acceptors (Lipinski definition) is 0. The van der Waals surface area contributed by atoms with Crippen molar-refractivity contribution in [3.63, 3.8) is 0 Å². The molecule has 0 nitrogen and oxygen atoms in total. The first kappa shape index (κ1) is 31.5. The molecule has 1 unspecified atom stereocenters. The van der Waals surface area contributed by atoms with Crippen molar-refractivity contribution in [3.8, 4) is 0 Å². The van der Waals surface area contributed by atoms with Crippen LogP contribution in [-0.4, -0.2) is 78.5 Å². The third-order valence-corrected chi connectivity index (χ3v) is 0. The Hall–Kier alpha value is 2.49. The second-order valence-electron chi connectivity index (χ2n) is 0. The molecule has 0 radical (unpaired) electrons. The molecule has 1 atom stereocenters. The van der Waals surface area contributed by atoms with Gasteiger partial charge < -0.3 is 0 Å². The fourth-order valence-electron chi connectivity index (χ4n) is 0. The van der Waals surface area contributed by atoms with Crippen LogP contribution in [0.15, 0.2) is 0 Å². The molecule has 0 saturated heterocycles. The normalized spacial score (nSPS) is 0. The molecule has 0 aliphatic carbocycles. The van der Waals surface area contributed by atoms with Gasteiger partial charge >= 0.3 is 78.5 Å². The maximum absolute atomic E-state index is 0. The van der Waals surface area contributed by atoms with Crippen LogP contribution in [0.4, 0.5) is 0 Å².